The molecule has 1 saturated heterocycles. The standard InChI is InChI=1S/C14H17BrFNO/c15-13-10(2-1-3-11(13)16)8-17-12-6-7-18-14(12)9-4-5-9/h1-3,9,12,14,17H,4-8H2. The molecule has 4 heteroatoms. The van der Waals surface area contributed by atoms with E-state index in [1.54, 1.807) is 6.07 Å². The molecule has 1 N–H and O–H groups in total. The average molecular weight is 314 g/mol. The molecule has 2 unspecified atom stereocenters. The number of hydrogen-bond donors (Lipinski definition) is 1. The van der Waals surface area contributed by atoms with Gasteiger partial charge in [0.25, 0.3) is 0 Å². The fourth-order valence-electron chi connectivity index (χ4n) is 2.65. The largest absolute Gasteiger partial charge is 0.376 e. The summed E-state index contributed by atoms with van der Waals surface area (Å²) in [6.45, 7) is 1.54. The van der Waals surface area contributed by atoms with Crippen LogP contribution in [0.4, 0.5) is 4.39 Å². The number of benzene rings is 1. The quantitative estimate of drug-likeness (QED) is 0.921. The van der Waals surface area contributed by atoms with Gasteiger partial charge in [-0.25, -0.2) is 4.39 Å². The van der Waals surface area contributed by atoms with E-state index < -0.39 is 0 Å². The van der Waals surface area contributed by atoms with Crippen LogP contribution in [0.1, 0.15) is 24.8 Å². The van der Waals surface area contributed by atoms with Crippen molar-refractivity contribution in [3.05, 3.63) is 34.1 Å². The number of halogens is 2. The first-order valence-electron chi connectivity index (χ1n) is 6.53. The minimum Gasteiger partial charge on any atom is -0.376 e. The summed E-state index contributed by atoms with van der Waals surface area (Å²) in [5, 5.41) is 3.52. The predicted octanol–water partition coefficient (Wildman–Crippen LogP) is 3.25. The van der Waals surface area contributed by atoms with Gasteiger partial charge in [0.15, 0.2) is 0 Å². The lowest BCUT2D eigenvalue weighted by atomic mass is 10.1. The van der Waals surface area contributed by atoms with Crippen LogP contribution in [0.3, 0.4) is 0 Å². The topological polar surface area (TPSA) is 21.3 Å². The molecule has 3 rings (SSSR count). The van der Waals surface area contributed by atoms with E-state index in [1.165, 1.54) is 18.9 Å². The van der Waals surface area contributed by atoms with Gasteiger partial charge in [-0.1, -0.05) is 12.1 Å². The van der Waals surface area contributed by atoms with Crippen molar-refractivity contribution in [2.75, 3.05) is 6.61 Å². The normalized spacial score (nSPS) is 27.7. The second kappa shape index (κ2) is 5.27. The fraction of sp³-hybridized carbons (Fsp3) is 0.571. The van der Waals surface area contributed by atoms with E-state index in [1.807, 2.05) is 6.07 Å². The molecule has 0 radical (unpaired) electrons. The van der Waals surface area contributed by atoms with Crippen molar-refractivity contribution in [3.63, 3.8) is 0 Å². The van der Waals surface area contributed by atoms with Gasteiger partial charge in [-0.05, 0) is 52.7 Å². The molecule has 1 aromatic rings. The molecule has 0 amide bonds. The van der Waals surface area contributed by atoms with Crippen LogP contribution in [0.5, 0.6) is 0 Å². The molecule has 0 bridgehead atoms. The highest BCUT2D eigenvalue weighted by Crippen LogP contribution is 2.38. The van der Waals surface area contributed by atoms with E-state index in [0.29, 0.717) is 23.2 Å². The molecule has 1 aromatic carbocycles. The van der Waals surface area contributed by atoms with Gasteiger partial charge in [-0.3, -0.25) is 0 Å². The maximum atomic E-state index is 13.4. The first kappa shape index (κ1) is 12.6. The Bertz CT molecular complexity index is 436. The lowest BCUT2D eigenvalue weighted by Gasteiger charge is -2.20. The first-order chi connectivity index (χ1) is 8.75. The van der Waals surface area contributed by atoms with Crippen molar-refractivity contribution in [1.29, 1.82) is 0 Å². The maximum absolute atomic E-state index is 13.4. The van der Waals surface area contributed by atoms with Crippen molar-refractivity contribution < 1.29 is 9.13 Å². The summed E-state index contributed by atoms with van der Waals surface area (Å²) in [6.07, 6.45) is 4.03. The molecule has 1 saturated carbocycles. The Kier molecular flexibility index (Phi) is 3.68. The van der Waals surface area contributed by atoms with Crippen LogP contribution in [0.25, 0.3) is 0 Å². The smallest absolute Gasteiger partial charge is 0.137 e. The van der Waals surface area contributed by atoms with Crippen molar-refractivity contribution in [3.8, 4) is 0 Å². The molecule has 2 fully saturated rings. The van der Waals surface area contributed by atoms with Gasteiger partial charge in [0.05, 0.1) is 10.6 Å². The van der Waals surface area contributed by atoms with E-state index in [0.717, 1.165) is 24.5 Å². The molecular formula is C14H17BrFNO. The summed E-state index contributed by atoms with van der Waals surface area (Å²) in [6, 6.07) is 5.59. The Balaban J connectivity index is 1.61. The van der Waals surface area contributed by atoms with Crippen LogP contribution in [0, 0.1) is 11.7 Å². The maximum Gasteiger partial charge on any atom is 0.137 e. The molecular weight excluding hydrogens is 297 g/mol. The fourth-order valence-corrected chi connectivity index (χ4v) is 3.05. The van der Waals surface area contributed by atoms with E-state index >= 15 is 0 Å². The average Bonchev–Trinajstić information content (AvgIpc) is 3.11. The highest BCUT2D eigenvalue weighted by Gasteiger charge is 2.40. The van der Waals surface area contributed by atoms with E-state index in [9.17, 15) is 4.39 Å². The monoisotopic (exact) mass is 313 g/mol. The third-order valence-corrected chi connectivity index (χ3v) is 4.70. The lowest BCUT2D eigenvalue weighted by Crippen LogP contribution is -2.37. The highest BCUT2D eigenvalue weighted by atomic mass is 79.9. The minimum absolute atomic E-state index is 0.198. The van der Waals surface area contributed by atoms with Gasteiger partial charge in [0.2, 0.25) is 0 Å². The number of rotatable bonds is 4. The zero-order chi connectivity index (χ0) is 12.5. The highest BCUT2D eigenvalue weighted by molar-refractivity contribution is 9.10. The molecule has 2 atom stereocenters. The Morgan fingerprint density at radius 1 is 1.33 bits per heavy atom. The number of nitrogens with one attached hydrogen (secondary N) is 1. The van der Waals surface area contributed by atoms with Crippen LogP contribution in [0.2, 0.25) is 0 Å². The summed E-state index contributed by atoms with van der Waals surface area (Å²) in [4.78, 5) is 0. The summed E-state index contributed by atoms with van der Waals surface area (Å²) >= 11 is 3.30. The van der Waals surface area contributed by atoms with E-state index in [2.05, 4.69) is 21.2 Å². The van der Waals surface area contributed by atoms with Crippen LogP contribution < -0.4 is 5.32 Å². The van der Waals surface area contributed by atoms with E-state index in [4.69, 9.17) is 4.74 Å². The van der Waals surface area contributed by atoms with Crippen molar-refractivity contribution in [1.82, 2.24) is 5.32 Å². The number of ether oxygens (including phenoxy) is 1. The summed E-state index contributed by atoms with van der Waals surface area (Å²) in [5.74, 6) is 0.552. The van der Waals surface area contributed by atoms with Gasteiger partial charge in [-0.15, -0.1) is 0 Å². The Labute approximate surface area is 115 Å². The molecule has 2 nitrogen and oxygen atoms in total. The van der Waals surface area contributed by atoms with Crippen molar-refractivity contribution in [2.45, 2.75) is 38.0 Å². The summed E-state index contributed by atoms with van der Waals surface area (Å²) in [7, 11) is 0. The van der Waals surface area contributed by atoms with Crippen LogP contribution in [0.15, 0.2) is 22.7 Å². The molecule has 0 spiro atoms. The van der Waals surface area contributed by atoms with Gasteiger partial charge < -0.3 is 10.1 Å². The molecule has 0 aromatic heterocycles. The summed E-state index contributed by atoms with van der Waals surface area (Å²) in [5.41, 5.74) is 0.969. The molecule has 18 heavy (non-hydrogen) atoms. The first-order valence-corrected chi connectivity index (χ1v) is 7.33. The van der Waals surface area contributed by atoms with Gasteiger partial charge >= 0.3 is 0 Å². The molecule has 1 aliphatic heterocycles. The third-order valence-electron chi connectivity index (χ3n) is 3.81. The zero-order valence-corrected chi connectivity index (χ0v) is 11.7. The second-order valence-corrected chi connectivity index (χ2v) is 5.95. The summed E-state index contributed by atoms with van der Waals surface area (Å²) < 4.78 is 19.7. The SMILES string of the molecule is Fc1cccc(CNC2CCOC2C2CC2)c1Br. The zero-order valence-electron chi connectivity index (χ0n) is 10.2. The Morgan fingerprint density at radius 3 is 2.94 bits per heavy atom. The van der Waals surface area contributed by atoms with Gasteiger partial charge in [0.1, 0.15) is 5.82 Å². The molecule has 1 heterocycles. The third kappa shape index (κ3) is 2.60. The van der Waals surface area contributed by atoms with Crippen LogP contribution >= 0.6 is 15.9 Å². The molecule has 1 aliphatic carbocycles. The molecule has 2 aliphatic rings. The second-order valence-electron chi connectivity index (χ2n) is 5.16. The van der Waals surface area contributed by atoms with Crippen molar-refractivity contribution >= 4 is 15.9 Å². The van der Waals surface area contributed by atoms with Gasteiger partial charge in [-0.2, -0.15) is 0 Å². The predicted molar refractivity (Wildman–Crippen MR) is 71.8 cm³/mol. The van der Waals surface area contributed by atoms with Crippen molar-refractivity contribution in [2.24, 2.45) is 5.92 Å². The Hall–Kier alpha value is -0.450. The van der Waals surface area contributed by atoms with E-state index in [-0.39, 0.29) is 5.82 Å². The molecule has 98 valence electrons. The van der Waals surface area contributed by atoms with Gasteiger partial charge in [0, 0.05) is 19.2 Å². The minimum atomic E-state index is -0.198. The lowest BCUT2D eigenvalue weighted by molar-refractivity contribution is 0.0808. The van der Waals surface area contributed by atoms with Crippen LogP contribution in [-0.4, -0.2) is 18.8 Å². The Morgan fingerprint density at radius 2 is 2.17 bits per heavy atom. The van der Waals surface area contributed by atoms with Crippen LogP contribution in [-0.2, 0) is 11.3 Å². The number of hydrogen-bond acceptors (Lipinski definition) is 2.